The molecule has 0 aromatic rings. The van der Waals surface area contributed by atoms with Crippen molar-refractivity contribution < 1.29 is 105 Å². The van der Waals surface area contributed by atoms with E-state index < -0.39 is 149 Å². The van der Waals surface area contributed by atoms with E-state index in [1.54, 1.807) is 0 Å². The van der Waals surface area contributed by atoms with Gasteiger partial charge in [-0.25, -0.2) is 0 Å². The van der Waals surface area contributed by atoms with Gasteiger partial charge in [0.05, 0.1) is 26.4 Å². The second-order valence-corrected chi connectivity index (χ2v) is 11.3. The van der Waals surface area contributed by atoms with E-state index in [1.165, 1.54) is 0 Å². The van der Waals surface area contributed by atoms with Crippen LogP contribution in [0.1, 0.15) is 0 Å². The molecule has 0 aromatic carbocycles. The second-order valence-electron chi connectivity index (χ2n) is 11.3. The molecule has 19 atom stereocenters. The fourth-order valence-corrected chi connectivity index (χ4v) is 5.39. The Balaban J connectivity index is 1.39. The standard InChI is InChI=1S/C24H42O21/c25-1-6-10(28)14(32)17(35)21(41-6)39-3-8-11(29)15(33)18(36)22(42-8)40-4-9-12(30)16(34)19(37)23(43-9)45-24(5-27)20(38)13(31)7(2-26)44-24/h6-23,25-38H,1-5H2/t6-,7-,8+,9+,10+,11-,12+,13-,14+,15-,16-,17-,18-,19-,20+,21+,22+,23-,24-/m1/s1. The highest BCUT2D eigenvalue weighted by Crippen LogP contribution is 2.36. The lowest BCUT2D eigenvalue weighted by Crippen LogP contribution is -2.64. The van der Waals surface area contributed by atoms with Gasteiger partial charge in [-0.1, -0.05) is 0 Å². The fraction of sp³-hybridized carbons (Fsp3) is 1.00. The zero-order valence-electron chi connectivity index (χ0n) is 23.5. The average Bonchev–Trinajstić information content (AvgIpc) is 3.28. The Bertz CT molecular complexity index is 931. The number of rotatable bonds is 11. The zero-order chi connectivity index (χ0) is 33.4. The Morgan fingerprint density at radius 2 is 0.844 bits per heavy atom. The molecular formula is C24H42O21. The van der Waals surface area contributed by atoms with Gasteiger partial charge < -0.3 is 105 Å². The van der Waals surface area contributed by atoms with Crippen molar-refractivity contribution >= 4 is 0 Å². The Hall–Kier alpha value is -0.840. The van der Waals surface area contributed by atoms with Crippen molar-refractivity contribution in [2.75, 3.05) is 33.0 Å². The van der Waals surface area contributed by atoms with Gasteiger partial charge in [0.2, 0.25) is 5.79 Å². The van der Waals surface area contributed by atoms with Crippen LogP contribution in [0.25, 0.3) is 0 Å². The van der Waals surface area contributed by atoms with Crippen LogP contribution in [0.2, 0.25) is 0 Å². The van der Waals surface area contributed by atoms with Gasteiger partial charge >= 0.3 is 0 Å². The summed E-state index contributed by atoms with van der Waals surface area (Å²) in [6.07, 6.45) is -31.4. The van der Waals surface area contributed by atoms with Gasteiger partial charge in [0, 0.05) is 0 Å². The van der Waals surface area contributed by atoms with Crippen molar-refractivity contribution in [3.05, 3.63) is 0 Å². The summed E-state index contributed by atoms with van der Waals surface area (Å²) < 4.78 is 37.6. The van der Waals surface area contributed by atoms with Crippen molar-refractivity contribution in [3.8, 4) is 0 Å². The van der Waals surface area contributed by atoms with Crippen LogP contribution in [0.15, 0.2) is 0 Å². The summed E-state index contributed by atoms with van der Waals surface area (Å²) in [6, 6.07) is 0. The minimum absolute atomic E-state index is 0.650. The molecule has 0 aromatic heterocycles. The molecule has 4 saturated heterocycles. The molecule has 0 bridgehead atoms. The molecule has 264 valence electrons. The Morgan fingerprint density at radius 3 is 1.27 bits per heavy atom. The van der Waals surface area contributed by atoms with E-state index in [0.29, 0.717) is 0 Å². The fourth-order valence-electron chi connectivity index (χ4n) is 5.39. The zero-order valence-corrected chi connectivity index (χ0v) is 23.5. The monoisotopic (exact) mass is 666 g/mol. The average molecular weight is 667 g/mol. The molecule has 4 fully saturated rings. The van der Waals surface area contributed by atoms with E-state index >= 15 is 0 Å². The molecule has 0 aliphatic carbocycles. The number of ether oxygens (including phenoxy) is 7. The third-order valence-electron chi connectivity index (χ3n) is 8.26. The molecule has 0 saturated carbocycles. The summed E-state index contributed by atoms with van der Waals surface area (Å²) in [5.41, 5.74) is 0. The predicted molar refractivity (Wildman–Crippen MR) is 134 cm³/mol. The van der Waals surface area contributed by atoms with Gasteiger partial charge in [-0.3, -0.25) is 0 Å². The Morgan fingerprint density at radius 1 is 0.444 bits per heavy atom. The lowest BCUT2D eigenvalue weighted by Gasteiger charge is -2.45. The van der Waals surface area contributed by atoms with Crippen molar-refractivity contribution in [3.63, 3.8) is 0 Å². The van der Waals surface area contributed by atoms with Crippen LogP contribution in [-0.4, -0.2) is 221 Å². The van der Waals surface area contributed by atoms with E-state index in [9.17, 15) is 71.5 Å². The first kappa shape index (κ1) is 37.0. The van der Waals surface area contributed by atoms with Crippen molar-refractivity contribution in [2.45, 2.75) is 116 Å². The van der Waals surface area contributed by atoms with Crippen LogP contribution >= 0.6 is 0 Å². The first-order valence-corrected chi connectivity index (χ1v) is 14.1. The van der Waals surface area contributed by atoms with Crippen molar-refractivity contribution in [2.24, 2.45) is 0 Å². The van der Waals surface area contributed by atoms with Crippen LogP contribution in [0.5, 0.6) is 0 Å². The van der Waals surface area contributed by atoms with E-state index in [1.807, 2.05) is 0 Å². The van der Waals surface area contributed by atoms with Gasteiger partial charge in [0.25, 0.3) is 0 Å². The number of hydrogen-bond acceptors (Lipinski definition) is 21. The second kappa shape index (κ2) is 15.1. The summed E-state index contributed by atoms with van der Waals surface area (Å²) in [5.74, 6) is -2.43. The van der Waals surface area contributed by atoms with Crippen LogP contribution in [0.3, 0.4) is 0 Å². The molecule has 21 nitrogen and oxygen atoms in total. The summed E-state index contributed by atoms with van der Waals surface area (Å²) in [7, 11) is 0. The molecule has 4 aliphatic rings. The van der Waals surface area contributed by atoms with Gasteiger partial charge in [0.15, 0.2) is 18.9 Å². The molecule has 0 unspecified atom stereocenters. The van der Waals surface area contributed by atoms with Crippen LogP contribution in [0, 0.1) is 0 Å². The minimum atomic E-state index is -2.43. The van der Waals surface area contributed by atoms with Crippen LogP contribution in [-0.2, 0) is 33.2 Å². The predicted octanol–water partition coefficient (Wildman–Crippen LogP) is -9.75. The molecule has 45 heavy (non-hydrogen) atoms. The van der Waals surface area contributed by atoms with E-state index in [-0.39, 0.29) is 0 Å². The number of hydrogen-bond donors (Lipinski definition) is 14. The molecule has 4 heterocycles. The third kappa shape index (κ3) is 7.29. The maximum atomic E-state index is 10.5. The highest BCUT2D eigenvalue weighted by Gasteiger charge is 2.58. The maximum absolute atomic E-state index is 10.5. The largest absolute Gasteiger partial charge is 0.394 e. The van der Waals surface area contributed by atoms with Crippen molar-refractivity contribution in [1.82, 2.24) is 0 Å². The third-order valence-corrected chi connectivity index (χ3v) is 8.26. The maximum Gasteiger partial charge on any atom is 0.224 e. The highest BCUT2D eigenvalue weighted by molar-refractivity contribution is 4.99. The normalized spacial score (nSPS) is 52.7. The lowest BCUT2D eigenvalue weighted by molar-refractivity contribution is -0.388. The van der Waals surface area contributed by atoms with Gasteiger partial charge in [-0.15, -0.1) is 0 Å². The summed E-state index contributed by atoms with van der Waals surface area (Å²) in [6.45, 7) is -4.02. The lowest BCUT2D eigenvalue weighted by atomic mass is 9.98. The molecule has 0 spiro atoms. The number of aliphatic hydroxyl groups is 14. The topological polar surface area (TPSA) is 348 Å². The summed E-state index contributed by atoms with van der Waals surface area (Å²) in [4.78, 5) is 0. The molecule has 0 amide bonds. The SMILES string of the molecule is OC[C@H]1O[C@H](OC[C@@H]2O[C@H](OC[C@@H]3O[C@H](O[C@@]4(CO)O[C@H](CO)[C@@H](O)[C@@H]4O)[C@H](O)[C@H](O)[C@H]3O)[C@H](O)[C@H](O)[C@@H]2O)[C@H](O)[C@@H](O)[C@H]1O. The van der Waals surface area contributed by atoms with Crippen LogP contribution < -0.4 is 0 Å². The minimum Gasteiger partial charge on any atom is -0.394 e. The van der Waals surface area contributed by atoms with E-state index in [4.69, 9.17) is 33.2 Å². The Labute approximate surface area is 254 Å². The van der Waals surface area contributed by atoms with E-state index in [0.717, 1.165) is 0 Å². The first-order valence-electron chi connectivity index (χ1n) is 14.1. The first-order chi connectivity index (χ1) is 21.2. The summed E-state index contributed by atoms with van der Waals surface area (Å²) >= 11 is 0. The molecule has 4 rings (SSSR count). The van der Waals surface area contributed by atoms with Gasteiger partial charge in [-0.05, 0) is 0 Å². The Kier molecular flexibility index (Phi) is 12.5. The molecule has 4 aliphatic heterocycles. The summed E-state index contributed by atoms with van der Waals surface area (Å²) in [5, 5.41) is 141. The molecule has 14 N–H and O–H groups in total. The van der Waals surface area contributed by atoms with Crippen molar-refractivity contribution in [1.29, 1.82) is 0 Å². The molecular weight excluding hydrogens is 624 g/mol. The smallest absolute Gasteiger partial charge is 0.224 e. The highest BCUT2D eigenvalue weighted by atomic mass is 16.8. The van der Waals surface area contributed by atoms with Gasteiger partial charge in [0.1, 0.15) is 98.2 Å². The number of aliphatic hydroxyl groups excluding tert-OH is 14. The molecule has 21 heteroatoms. The van der Waals surface area contributed by atoms with Crippen LogP contribution in [0.4, 0.5) is 0 Å². The quantitative estimate of drug-likeness (QED) is 0.0973. The van der Waals surface area contributed by atoms with Gasteiger partial charge in [-0.2, -0.15) is 0 Å². The molecule has 0 radical (unpaired) electrons. The van der Waals surface area contributed by atoms with E-state index in [2.05, 4.69) is 0 Å².